The maximum atomic E-state index is 12.7. The fourth-order valence-corrected chi connectivity index (χ4v) is 4.69. The van der Waals surface area contributed by atoms with Gasteiger partial charge in [-0.25, -0.2) is 0 Å². The predicted octanol–water partition coefficient (Wildman–Crippen LogP) is 3.30. The highest BCUT2D eigenvalue weighted by Gasteiger charge is 2.41. The van der Waals surface area contributed by atoms with Crippen molar-refractivity contribution in [3.63, 3.8) is 0 Å². The Bertz CT molecular complexity index is 961. The Morgan fingerprint density at radius 1 is 1.06 bits per heavy atom. The van der Waals surface area contributed by atoms with Crippen LogP contribution >= 0.6 is 11.6 Å². The first-order valence-electron chi connectivity index (χ1n) is 11.5. The molecule has 2 N–H and O–H groups in total. The average Bonchev–Trinajstić information content (AvgIpc) is 2.76. The Balaban J connectivity index is 1.13. The lowest BCUT2D eigenvalue weighted by atomic mass is 9.90. The first kappa shape index (κ1) is 25.7. The molecule has 3 aliphatic rings. The van der Waals surface area contributed by atoms with E-state index in [2.05, 4.69) is 15.4 Å². The second-order valence-electron chi connectivity index (χ2n) is 9.09. The second-order valence-corrected chi connectivity index (χ2v) is 9.53. The van der Waals surface area contributed by atoms with Crippen LogP contribution < -0.4 is 15.4 Å². The molecule has 1 aliphatic heterocycles. The summed E-state index contributed by atoms with van der Waals surface area (Å²) in [5, 5.41) is 6.21. The molecule has 2 amide bonds. The van der Waals surface area contributed by atoms with Crippen molar-refractivity contribution in [2.45, 2.75) is 81.7 Å². The van der Waals surface area contributed by atoms with E-state index in [9.17, 15) is 27.6 Å². The zero-order chi connectivity index (χ0) is 25.2. The minimum atomic E-state index is -4.66. The quantitative estimate of drug-likeness (QED) is 0.574. The largest absolute Gasteiger partial charge is 0.522 e. The molecule has 2 aliphatic carbocycles. The predicted molar refractivity (Wildman–Crippen MR) is 117 cm³/mol. The molecule has 4 rings (SSSR count). The van der Waals surface area contributed by atoms with Gasteiger partial charge in [0.1, 0.15) is 12.4 Å². The molecule has 1 heterocycles. The van der Waals surface area contributed by atoms with E-state index in [1.54, 1.807) is 12.1 Å². The van der Waals surface area contributed by atoms with Crippen molar-refractivity contribution in [3.8, 4) is 5.75 Å². The summed E-state index contributed by atoms with van der Waals surface area (Å²) in [6.07, 6.45) is -4.18. The molecule has 2 saturated carbocycles. The second kappa shape index (κ2) is 10.7. The van der Waals surface area contributed by atoms with Crippen LogP contribution in [0.3, 0.4) is 0 Å². The van der Waals surface area contributed by atoms with Gasteiger partial charge in [-0.15, -0.1) is 13.2 Å². The van der Waals surface area contributed by atoms with Crippen LogP contribution in [0.1, 0.15) is 55.3 Å². The van der Waals surface area contributed by atoms with E-state index in [0.29, 0.717) is 42.0 Å². The van der Waals surface area contributed by atoms with Gasteiger partial charge in [-0.2, -0.15) is 0 Å². The molecule has 1 aromatic rings. The Kier molecular flexibility index (Phi) is 7.87. The van der Waals surface area contributed by atoms with Crippen molar-refractivity contribution in [1.82, 2.24) is 10.6 Å². The van der Waals surface area contributed by atoms with Gasteiger partial charge in [0.05, 0.1) is 24.2 Å². The van der Waals surface area contributed by atoms with Crippen LogP contribution in [-0.2, 0) is 19.1 Å². The third-order valence-corrected chi connectivity index (χ3v) is 6.65. The van der Waals surface area contributed by atoms with E-state index < -0.39 is 24.7 Å². The van der Waals surface area contributed by atoms with Crippen molar-refractivity contribution < 1.29 is 41.8 Å². The van der Waals surface area contributed by atoms with E-state index >= 15 is 0 Å². The van der Waals surface area contributed by atoms with E-state index in [-0.39, 0.29) is 55.6 Å². The molecule has 2 fully saturated rings. The third kappa shape index (κ3) is 7.08. The summed E-state index contributed by atoms with van der Waals surface area (Å²) in [5.74, 6) is -0.545. The fraction of sp³-hybridized carbons (Fsp3) is 0.609. The molecule has 0 unspecified atom stereocenters. The molecule has 12 heteroatoms. The number of halogens is 4. The number of benzene rings is 1. The molecular formula is C23H26ClF3N2O6. The minimum absolute atomic E-state index is 0.0609. The summed E-state index contributed by atoms with van der Waals surface area (Å²) in [6.45, 7) is -0.222. The number of ketones is 1. The number of carbonyl (C=O) groups is 3. The monoisotopic (exact) mass is 518 g/mol. The third-order valence-electron chi connectivity index (χ3n) is 6.42. The lowest BCUT2D eigenvalue weighted by molar-refractivity contribution is -0.357. The van der Waals surface area contributed by atoms with E-state index in [1.165, 1.54) is 6.07 Å². The number of nitrogens with one attached hydrogen (secondary N) is 2. The van der Waals surface area contributed by atoms with Gasteiger partial charge in [0, 0.05) is 29.9 Å². The van der Waals surface area contributed by atoms with Crippen LogP contribution in [0.5, 0.6) is 5.75 Å². The van der Waals surface area contributed by atoms with Gasteiger partial charge in [0.25, 0.3) is 5.91 Å². The maximum Gasteiger partial charge on any atom is 0.522 e. The van der Waals surface area contributed by atoms with Crippen LogP contribution in [0, 0.1) is 0 Å². The summed E-state index contributed by atoms with van der Waals surface area (Å²) in [7, 11) is 0. The molecular weight excluding hydrogens is 493 g/mol. The Morgan fingerprint density at radius 3 is 2.37 bits per heavy atom. The fourth-order valence-electron chi connectivity index (χ4n) is 4.52. The normalized spacial score (nSPS) is 28.3. The molecule has 1 atom stereocenters. The van der Waals surface area contributed by atoms with Gasteiger partial charge in [0.15, 0.2) is 11.9 Å². The lowest BCUT2D eigenvalue weighted by Crippen LogP contribution is -2.49. The smallest absolute Gasteiger partial charge is 0.479 e. The number of Topliss-reactive ketones (excluding diaryl/α,β-unsaturated/α-hetero) is 1. The van der Waals surface area contributed by atoms with Gasteiger partial charge in [0.2, 0.25) is 5.91 Å². The van der Waals surface area contributed by atoms with Gasteiger partial charge in [-0.05, 0) is 43.9 Å². The van der Waals surface area contributed by atoms with Crippen LogP contribution in [0.2, 0.25) is 5.02 Å². The van der Waals surface area contributed by atoms with E-state index in [1.807, 2.05) is 0 Å². The van der Waals surface area contributed by atoms with Gasteiger partial charge in [-0.3, -0.25) is 19.1 Å². The molecule has 35 heavy (non-hydrogen) atoms. The summed E-state index contributed by atoms with van der Waals surface area (Å²) >= 11 is 5.92. The summed E-state index contributed by atoms with van der Waals surface area (Å²) in [5.41, 5.74) is 0.369. The standard InChI is InChI=1S/C23H26ClF3N2O6/c24-12-1-6-19-17(7-12)18(30)10-20(34-19)22(32)29-14-4-2-13(3-5-14)28-21(31)11-33-15-8-16(9-15)35-23(25,26)27/h1,6-7,13-16,20H,2-5,8-11H2,(H,28,31)(H,29,32)/t13?,14?,15?,16?,20-/m1/s1. The highest BCUT2D eigenvalue weighted by molar-refractivity contribution is 6.31. The summed E-state index contributed by atoms with van der Waals surface area (Å²) < 4.78 is 51.3. The summed E-state index contributed by atoms with van der Waals surface area (Å²) in [6, 6.07) is 4.52. The van der Waals surface area contributed by atoms with Crippen molar-refractivity contribution in [3.05, 3.63) is 28.8 Å². The van der Waals surface area contributed by atoms with E-state index in [0.717, 1.165) is 0 Å². The van der Waals surface area contributed by atoms with Crippen LogP contribution in [0.15, 0.2) is 18.2 Å². The summed E-state index contributed by atoms with van der Waals surface area (Å²) in [4.78, 5) is 37.1. The number of hydrogen-bond donors (Lipinski definition) is 2. The topological polar surface area (TPSA) is 103 Å². The lowest BCUT2D eigenvalue weighted by Gasteiger charge is -2.35. The van der Waals surface area contributed by atoms with Crippen molar-refractivity contribution in [2.75, 3.05) is 6.61 Å². The van der Waals surface area contributed by atoms with Crippen molar-refractivity contribution >= 4 is 29.2 Å². The van der Waals surface area contributed by atoms with Gasteiger partial charge < -0.3 is 20.1 Å². The SMILES string of the molecule is O=C(COC1CC(OC(F)(F)F)C1)NC1CCC(NC(=O)[C@H]2CC(=O)c3cc(Cl)ccc3O2)CC1. The number of amides is 2. The van der Waals surface area contributed by atoms with Gasteiger partial charge >= 0.3 is 6.36 Å². The number of rotatable bonds is 7. The van der Waals surface area contributed by atoms with Gasteiger partial charge in [-0.1, -0.05) is 11.6 Å². The molecule has 0 saturated heterocycles. The molecule has 1 aromatic carbocycles. The molecule has 0 spiro atoms. The highest BCUT2D eigenvalue weighted by Crippen LogP contribution is 2.32. The van der Waals surface area contributed by atoms with E-state index in [4.69, 9.17) is 21.1 Å². The highest BCUT2D eigenvalue weighted by atomic mass is 35.5. The van der Waals surface area contributed by atoms with Crippen molar-refractivity contribution in [1.29, 1.82) is 0 Å². The van der Waals surface area contributed by atoms with Crippen LogP contribution in [-0.4, -0.2) is 61.0 Å². The molecule has 0 bridgehead atoms. The number of alkyl halides is 3. The Hall–Kier alpha value is -2.37. The zero-order valence-electron chi connectivity index (χ0n) is 18.7. The number of carbonyl (C=O) groups excluding carboxylic acids is 3. The van der Waals surface area contributed by atoms with Crippen molar-refractivity contribution in [2.24, 2.45) is 0 Å². The number of fused-ring (bicyclic) bond motifs is 1. The number of ether oxygens (including phenoxy) is 3. The molecule has 0 aromatic heterocycles. The Labute approximate surface area is 204 Å². The zero-order valence-corrected chi connectivity index (χ0v) is 19.5. The Morgan fingerprint density at radius 2 is 1.71 bits per heavy atom. The first-order valence-corrected chi connectivity index (χ1v) is 11.9. The molecule has 192 valence electrons. The average molecular weight is 519 g/mol. The van der Waals surface area contributed by atoms with Crippen LogP contribution in [0.4, 0.5) is 13.2 Å². The van der Waals surface area contributed by atoms with Crippen LogP contribution in [0.25, 0.3) is 0 Å². The maximum absolute atomic E-state index is 12.7. The first-order chi connectivity index (χ1) is 16.6. The minimum Gasteiger partial charge on any atom is -0.479 e. The molecule has 0 radical (unpaired) electrons. The molecule has 8 nitrogen and oxygen atoms in total. The number of hydrogen-bond acceptors (Lipinski definition) is 6.